The van der Waals surface area contributed by atoms with E-state index >= 15 is 0 Å². The Hall–Kier alpha value is -3.42. The van der Waals surface area contributed by atoms with Gasteiger partial charge in [0.15, 0.2) is 0 Å². The van der Waals surface area contributed by atoms with Gasteiger partial charge >= 0.3 is 10.4 Å². The Kier molecular flexibility index (Phi) is 10.2. The Morgan fingerprint density at radius 2 is 1.29 bits per heavy atom. The first kappa shape index (κ1) is 28.6. The number of hydrogen-bond donors (Lipinski definition) is 4. The SMILES string of the molecule is [C-]#[N+]/C(C#N)=c1/cc(OC(C)COS(=O)(=O)O)/c(=C(\C#N)[N+]#[C-])cc1OC(C)COS(O)(O)O. The molecule has 0 spiro atoms. The lowest BCUT2D eigenvalue weighted by Crippen LogP contribution is -2.28. The van der Waals surface area contributed by atoms with E-state index in [-0.39, 0.29) is 21.9 Å². The molecule has 0 heterocycles. The molecule has 0 aliphatic carbocycles. The van der Waals surface area contributed by atoms with Gasteiger partial charge in [-0.05, 0) is 26.0 Å². The highest BCUT2D eigenvalue weighted by Crippen LogP contribution is 2.33. The molecule has 1 aromatic rings. The second-order valence-electron chi connectivity index (χ2n) is 6.31. The lowest BCUT2D eigenvalue weighted by Gasteiger charge is -2.22. The Labute approximate surface area is 196 Å². The minimum Gasteiger partial charge on any atom is -0.489 e. The zero-order valence-electron chi connectivity index (χ0n) is 17.6. The summed E-state index contributed by atoms with van der Waals surface area (Å²) < 4.78 is 76.8. The minimum absolute atomic E-state index is 0.135. The topological polar surface area (TPSA) is 208 Å². The number of rotatable bonds is 10. The molecule has 0 saturated carbocycles. The summed E-state index contributed by atoms with van der Waals surface area (Å²) in [5, 5.41) is 18.4. The van der Waals surface area contributed by atoms with E-state index < -0.39 is 58.4 Å². The summed E-state index contributed by atoms with van der Waals surface area (Å²) in [4.78, 5) is 6.17. The normalized spacial score (nSPS) is 15.4. The first-order chi connectivity index (χ1) is 15.7. The smallest absolute Gasteiger partial charge is 0.397 e. The molecule has 0 saturated heterocycles. The quantitative estimate of drug-likeness (QED) is 0.257. The Balaban J connectivity index is 3.68. The first-order valence-electron chi connectivity index (χ1n) is 8.82. The van der Waals surface area contributed by atoms with E-state index in [0.29, 0.717) is 0 Å². The van der Waals surface area contributed by atoms with E-state index in [0.717, 1.165) is 12.1 Å². The van der Waals surface area contributed by atoms with Crippen molar-refractivity contribution in [2.24, 2.45) is 0 Å². The van der Waals surface area contributed by atoms with Gasteiger partial charge in [-0.15, -0.1) is 0 Å². The van der Waals surface area contributed by atoms with E-state index in [1.54, 1.807) is 12.1 Å². The summed E-state index contributed by atoms with van der Waals surface area (Å²) >= 11 is -4.28. The largest absolute Gasteiger partial charge is 0.489 e. The van der Waals surface area contributed by atoms with Gasteiger partial charge in [-0.1, -0.05) is 0 Å². The molecule has 0 aromatic heterocycles. The molecule has 0 aliphatic heterocycles. The molecule has 0 aliphatic rings. The molecule has 16 heteroatoms. The van der Waals surface area contributed by atoms with Crippen LogP contribution in [-0.4, -0.2) is 52.1 Å². The summed E-state index contributed by atoms with van der Waals surface area (Å²) in [6.45, 7) is 16.0. The van der Waals surface area contributed by atoms with Crippen LogP contribution in [0.5, 0.6) is 11.5 Å². The van der Waals surface area contributed by atoms with E-state index in [1.165, 1.54) is 13.8 Å². The molecule has 0 amide bonds. The van der Waals surface area contributed by atoms with Crippen LogP contribution in [0, 0.1) is 35.8 Å². The summed E-state index contributed by atoms with van der Waals surface area (Å²) in [6.07, 6.45) is -2.03. The van der Waals surface area contributed by atoms with E-state index in [9.17, 15) is 18.9 Å². The van der Waals surface area contributed by atoms with Crippen molar-refractivity contribution >= 4 is 32.9 Å². The fourth-order valence-corrected chi connectivity index (χ4v) is 3.02. The predicted molar refractivity (Wildman–Crippen MR) is 116 cm³/mol. The van der Waals surface area contributed by atoms with Crippen LogP contribution >= 0.6 is 11.2 Å². The third-order valence-corrected chi connectivity index (χ3v) is 4.48. The lowest BCUT2D eigenvalue weighted by atomic mass is 10.1. The first-order valence-corrected chi connectivity index (χ1v) is 11.6. The highest BCUT2D eigenvalue weighted by atomic mass is 32.3. The monoisotopic (exact) mass is 514 g/mol. The molecular formula is C18H18N4O10S2. The molecule has 14 nitrogen and oxygen atoms in total. The third kappa shape index (κ3) is 9.21. The van der Waals surface area contributed by atoms with Crippen LogP contribution in [0.1, 0.15) is 13.8 Å². The van der Waals surface area contributed by atoms with Crippen LogP contribution in [0.15, 0.2) is 12.1 Å². The van der Waals surface area contributed by atoms with Gasteiger partial charge in [0.1, 0.15) is 36.9 Å². The molecule has 1 rings (SSSR count). The zero-order valence-corrected chi connectivity index (χ0v) is 19.2. The number of benzene rings is 1. The Morgan fingerprint density at radius 3 is 1.59 bits per heavy atom. The van der Waals surface area contributed by atoms with E-state index in [1.807, 2.05) is 0 Å². The van der Waals surface area contributed by atoms with Crippen molar-refractivity contribution in [2.75, 3.05) is 13.2 Å². The number of ether oxygens (including phenoxy) is 2. The van der Waals surface area contributed by atoms with Gasteiger partial charge in [-0.2, -0.15) is 8.42 Å². The summed E-state index contributed by atoms with van der Waals surface area (Å²) in [5.41, 5.74) is -0.960. The van der Waals surface area contributed by atoms with Crippen molar-refractivity contribution in [3.8, 4) is 23.6 Å². The van der Waals surface area contributed by atoms with Crippen LogP contribution in [-0.2, 0) is 18.8 Å². The van der Waals surface area contributed by atoms with Crippen molar-refractivity contribution in [1.82, 2.24) is 0 Å². The van der Waals surface area contributed by atoms with Crippen molar-refractivity contribution in [1.29, 1.82) is 10.5 Å². The molecule has 1 aromatic carbocycles. The molecular weight excluding hydrogens is 496 g/mol. The van der Waals surface area contributed by atoms with Crippen molar-refractivity contribution < 1.29 is 44.5 Å². The van der Waals surface area contributed by atoms with Gasteiger partial charge in [0.25, 0.3) is 11.4 Å². The molecule has 0 fully saturated rings. The highest BCUT2D eigenvalue weighted by Gasteiger charge is 2.19. The molecule has 0 radical (unpaired) electrons. The van der Waals surface area contributed by atoms with Gasteiger partial charge in [-0.3, -0.25) is 22.4 Å². The fraction of sp³-hybridized carbons (Fsp3) is 0.333. The Bertz CT molecular complexity index is 1280. The summed E-state index contributed by atoms with van der Waals surface area (Å²) in [5.74, 6) is -0.384. The fourth-order valence-electron chi connectivity index (χ4n) is 2.29. The predicted octanol–water partition coefficient (Wildman–Crippen LogP) is 1.30. The number of nitriles is 2. The number of nitrogens with zero attached hydrogens (tertiary/aromatic N) is 4. The van der Waals surface area contributed by atoms with Crippen LogP contribution in [0.2, 0.25) is 0 Å². The van der Waals surface area contributed by atoms with Gasteiger partial charge < -0.3 is 9.47 Å². The standard InChI is InChI=1S/C18H18N4O10S2/c1-11(9-29-33(23,24)25)31-17-5-14(16(8-20)22-4)18(6-13(17)15(7-19)21-3)32-12(2)10-30-34(26,27)28/h5-6,11-12,23-25H,9-10H2,1-2H3,(H,26,27,28)/b15-13-,16-14+. The molecule has 182 valence electrons. The van der Waals surface area contributed by atoms with Crippen LogP contribution < -0.4 is 19.9 Å². The van der Waals surface area contributed by atoms with Crippen molar-refractivity contribution in [3.63, 3.8) is 0 Å². The van der Waals surface area contributed by atoms with Gasteiger partial charge in [0.05, 0.1) is 25.3 Å². The molecule has 4 N–H and O–H groups in total. The minimum atomic E-state index is -4.77. The van der Waals surface area contributed by atoms with E-state index in [2.05, 4.69) is 18.1 Å². The maximum Gasteiger partial charge on any atom is 0.397 e. The highest BCUT2D eigenvalue weighted by molar-refractivity contribution is 8.15. The van der Waals surface area contributed by atoms with Crippen LogP contribution in [0.3, 0.4) is 0 Å². The van der Waals surface area contributed by atoms with Crippen molar-refractivity contribution in [3.05, 3.63) is 45.4 Å². The number of hydrogen-bond acceptors (Lipinski definition) is 11. The lowest BCUT2D eigenvalue weighted by molar-refractivity contribution is 0.115. The van der Waals surface area contributed by atoms with Gasteiger partial charge in [0, 0.05) is 10.4 Å². The molecule has 34 heavy (non-hydrogen) atoms. The third-order valence-electron chi connectivity index (χ3n) is 3.60. The second kappa shape index (κ2) is 12.2. The Morgan fingerprint density at radius 1 is 0.912 bits per heavy atom. The molecule has 2 unspecified atom stereocenters. The molecule has 0 bridgehead atoms. The van der Waals surface area contributed by atoms with Gasteiger partial charge in [-0.25, -0.2) is 24.4 Å². The second-order valence-corrected chi connectivity index (χ2v) is 8.58. The maximum absolute atomic E-state index is 10.8. The van der Waals surface area contributed by atoms with Crippen molar-refractivity contribution in [2.45, 2.75) is 26.1 Å². The van der Waals surface area contributed by atoms with Crippen LogP contribution in [0.4, 0.5) is 0 Å². The summed E-state index contributed by atoms with van der Waals surface area (Å²) in [7, 11) is -4.77. The molecule has 2 atom stereocenters. The maximum atomic E-state index is 10.8. The van der Waals surface area contributed by atoms with Crippen LogP contribution in [0.25, 0.3) is 21.1 Å². The summed E-state index contributed by atoms with van der Waals surface area (Å²) in [6, 6.07) is 5.53. The average molecular weight is 514 g/mol. The zero-order chi connectivity index (χ0) is 26.1. The average Bonchev–Trinajstić information content (AvgIpc) is 2.74. The van der Waals surface area contributed by atoms with Gasteiger partial charge in [0.2, 0.25) is 11.2 Å². The van der Waals surface area contributed by atoms with E-state index in [4.69, 9.17) is 40.8 Å².